The van der Waals surface area contributed by atoms with Crippen LogP contribution in [-0.4, -0.2) is 9.97 Å². The number of rotatable bonds is 5. The zero-order valence-electron chi connectivity index (χ0n) is 29.7. The van der Waals surface area contributed by atoms with Gasteiger partial charge in [-0.2, -0.15) is 0 Å². The number of hydrogen-bond donors (Lipinski definition) is 0. The van der Waals surface area contributed by atoms with Crippen LogP contribution in [0.4, 0.5) is 0 Å². The van der Waals surface area contributed by atoms with Gasteiger partial charge in [0.2, 0.25) is 0 Å². The van der Waals surface area contributed by atoms with E-state index < -0.39 is 0 Å². The van der Waals surface area contributed by atoms with Crippen molar-refractivity contribution in [1.82, 2.24) is 9.97 Å². The fraction of sp³-hybridized carbons (Fsp3) is 0.0588. The van der Waals surface area contributed by atoms with Crippen LogP contribution in [0.5, 0.6) is 0 Å². The molecular formula is C51H36N2. The molecule has 0 amide bonds. The molecule has 2 heteroatoms. The molecule has 10 rings (SSSR count). The number of fused-ring (bicyclic) bond motifs is 5. The van der Waals surface area contributed by atoms with Gasteiger partial charge in [-0.3, -0.25) is 0 Å². The lowest BCUT2D eigenvalue weighted by Gasteiger charge is -2.22. The van der Waals surface area contributed by atoms with Gasteiger partial charge in [-0.05, 0) is 96.4 Å². The third kappa shape index (κ3) is 5.34. The molecule has 0 unspecified atom stereocenters. The minimum atomic E-state index is -0.135. The molecule has 0 atom stereocenters. The van der Waals surface area contributed by atoms with Crippen LogP contribution in [0.1, 0.15) is 25.0 Å². The predicted octanol–water partition coefficient (Wildman–Crippen LogP) is 13.4. The Kier molecular flexibility index (Phi) is 7.19. The molecule has 1 heterocycles. The third-order valence-corrected chi connectivity index (χ3v) is 11.1. The molecule has 8 aromatic carbocycles. The fourth-order valence-electron chi connectivity index (χ4n) is 8.21. The molecule has 0 saturated carbocycles. The van der Waals surface area contributed by atoms with Gasteiger partial charge in [-0.15, -0.1) is 0 Å². The summed E-state index contributed by atoms with van der Waals surface area (Å²) in [5.74, 6) is 0.723. The molecule has 2 nitrogen and oxygen atoms in total. The Balaban J connectivity index is 1.08. The Labute approximate surface area is 310 Å². The maximum Gasteiger partial charge on any atom is 0.160 e. The van der Waals surface area contributed by atoms with Crippen molar-refractivity contribution in [2.45, 2.75) is 19.3 Å². The van der Waals surface area contributed by atoms with E-state index in [9.17, 15) is 0 Å². The minimum Gasteiger partial charge on any atom is -0.228 e. The zero-order chi connectivity index (χ0) is 35.5. The number of aromatic nitrogens is 2. The standard InChI is InChI=1S/C51H36N2/c1-51(2)45-19-11-18-43(49(45)44-30-37-16-9-10-17-38(37)31-46(44)51)48-32-47(52-50(53-48)36-14-7-4-8-15-36)42-27-26-40-28-39(24-25-41(40)29-42)35-22-20-34(21-23-35)33-12-5-3-6-13-33/h3-32H,1-2H3. The summed E-state index contributed by atoms with van der Waals surface area (Å²) in [6, 6.07) is 65.4. The van der Waals surface area contributed by atoms with Crippen LogP contribution in [0.2, 0.25) is 0 Å². The van der Waals surface area contributed by atoms with Gasteiger partial charge in [0.15, 0.2) is 5.82 Å². The van der Waals surface area contributed by atoms with Crippen LogP contribution in [-0.2, 0) is 5.41 Å². The van der Waals surface area contributed by atoms with Crippen molar-refractivity contribution in [2.24, 2.45) is 0 Å². The Morgan fingerprint density at radius 2 is 0.868 bits per heavy atom. The fourth-order valence-corrected chi connectivity index (χ4v) is 8.21. The summed E-state index contributed by atoms with van der Waals surface area (Å²) in [5.41, 5.74) is 15.0. The Morgan fingerprint density at radius 3 is 1.58 bits per heavy atom. The molecule has 9 aromatic rings. The molecule has 250 valence electrons. The van der Waals surface area contributed by atoms with E-state index in [-0.39, 0.29) is 5.41 Å². The largest absolute Gasteiger partial charge is 0.228 e. The van der Waals surface area contributed by atoms with Crippen molar-refractivity contribution in [3.05, 3.63) is 193 Å². The highest BCUT2D eigenvalue weighted by Crippen LogP contribution is 2.53. The van der Waals surface area contributed by atoms with Crippen molar-refractivity contribution in [1.29, 1.82) is 0 Å². The van der Waals surface area contributed by atoms with Gasteiger partial charge >= 0.3 is 0 Å². The molecule has 0 bridgehead atoms. The highest BCUT2D eigenvalue weighted by Gasteiger charge is 2.37. The Bertz CT molecular complexity index is 2830. The van der Waals surface area contributed by atoms with Crippen molar-refractivity contribution in [2.75, 3.05) is 0 Å². The van der Waals surface area contributed by atoms with E-state index in [1.54, 1.807) is 0 Å². The van der Waals surface area contributed by atoms with Gasteiger partial charge in [0.25, 0.3) is 0 Å². The van der Waals surface area contributed by atoms with E-state index in [2.05, 4.69) is 190 Å². The van der Waals surface area contributed by atoms with E-state index in [4.69, 9.17) is 9.97 Å². The molecule has 0 spiro atoms. The summed E-state index contributed by atoms with van der Waals surface area (Å²) in [4.78, 5) is 10.5. The molecule has 53 heavy (non-hydrogen) atoms. The summed E-state index contributed by atoms with van der Waals surface area (Å²) in [5, 5.41) is 4.90. The predicted molar refractivity (Wildman–Crippen MR) is 222 cm³/mol. The molecule has 0 aliphatic heterocycles. The van der Waals surface area contributed by atoms with Crippen molar-refractivity contribution in [3.63, 3.8) is 0 Å². The van der Waals surface area contributed by atoms with Crippen LogP contribution in [0, 0.1) is 0 Å². The number of nitrogens with zero attached hydrogens (tertiary/aromatic N) is 2. The first kappa shape index (κ1) is 31.1. The summed E-state index contributed by atoms with van der Waals surface area (Å²) in [6.45, 7) is 4.69. The molecule has 1 aliphatic carbocycles. The van der Waals surface area contributed by atoms with Crippen LogP contribution >= 0.6 is 0 Å². The van der Waals surface area contributed by atoms with Crippen LogP contribution in [0.3, 0.4) is 0 Å². The van der Waals surface area contributed by atoms with Crippen molar-refractivity contribution < 1.29 is 0 Å². The lowest BCUT2D eigenvalue weighted by atomic mass is 9.81. The maximum absolute atomic E-state index is 5.28. The van der Waals surface area contributed by atoms with Gasteiger partial charge in [-0.1, -0.05) is 166 Å². The van der Waals surface area contributed by atoms with Gasteiger partial charge in [-0.25, -0.2) is 9.97 Å². The quantitative estimate of drug-likeness (QED) is 0.181. The summed E-state index contributed by atoms with van der Waals surface area (Å²) in [7, 11) is 0. The van der Waals surface area contributed by atoms with E-state index >= 15 is 0 Å². The average Bonchev–Trinajstić information content (AvgIpc) is 3.45. The average molecular weight is 677 g/mol. The van der Waals surface area contributed by atoms with Gasteiger partial charge < -0.3 is 0 Å². The second-order valence-corrected chi connectivity index (χ2v) is 14.6. The molecule has 0 radical (unpaired) electrons. The number of hydrogen-bond acceptors (Lipinski definition) is 2. The maximum atomic E-state index is 5.28. The van der Waals surface area contributed by atoms with Crippen molar-refractivity contribution >= 4 is 21.5 Å². The third-order valence-electron chi connectivity index (χ3n) is 11.1. The number of benzene rings is 8. The Morgan fingerprint density at radius 1 is 0.340 bits per heavy atom. The van der Waals surface area contributed by atoms with Gasteiger partial charge in [0, 0.05) is 22.1 Å². The molecule has 1 aromatic heterocycles. The SMILES string of the molecule is CC1(C)c2cc3ccccc3cc2-c2c(-c3cc(-c4ccc5cc(-c6ccc(-c7ccccc7)cc6)ccc5c4)nc(-c4ccccc4)n3)cccc21. The van der Waals surface area contributed by atoms with E-state index in [0.717, 1.165) is 33.9 Å². The summed E-state index contributed by atoms with van der Waals surface area (Å²) in [6.07, 6.45) is 0. The molecular weight excluding hydrogens is 641 g/mol. The summed E-state index contributed by atoms with van der Waals surface area (Å²) < 4.78 is 0. The normalized spacial score (nSPS) is 12.9. The van der Waals surface area contributed by atoms with E-state index in [1.165, 1.54) is 66.1 Å². The highest BCUT2D eigenvalue weighted by atomic mass is 14.9. The molecule has 0 saturated heterocycles. The van der Waals surface area contributed by atoms with Crippen molar-refractivity contribution in [3.8, 4) is 67.3 Å². The second kappa shape index (κ2) is 12.3. The lowest BCUT2D eigenvalue weighted by Crippen LogP contribution is -2.14. The first-order chi connectivity index (χ1) is 26.0. The lowest BCUT2D eigenvalue weighted by molar-refractivity contribution is 0.661. The summed E-state index contributed by atoms with van der Waals surface area (Å²) >= 11 is 0. The van der Waals surface area contributed by atoms with Crippen LogP contribution < -0.4 is 0 Å². The first-order valence-electron chi connectivity index (χ1n) is 18.3. The Hall–Kier alpha value is -6.64. The van der Waals surface area contributed by atoms with E-state index in [0.29, 0.717) is 0 Å². The smallest absolute Gasteiger partial charge is 0.160 e. The first-order valence-corrected chi connectivity index (χ1v) is 18.3. The van der Waals surface area contributed by atoms with Gasteiger partial charge in [0.1, 0.15) is 0 Å². The monoisotopic (exact) mass is 676 g/mol. The van der Waals surface area contributed by atoms with Crippen LogP contribution in [0.15, 0.2) is 182 Å². The van der Waals surface area contributed by atoms with Gasteiger partial charge in [0.05, 0.1) is 11.4 Å². The highest BCUT2D eigenvalue weighted by molar-refractivity contribution is 5.99. The molecule has 1 aliphatic rings. The zero-order valence-corrected chi connectivity index (χ0v) is 29.7. The second-order valence-electron chi connectivity index (χ2n) is 14.6. The topological polar surface area (TPSA) is 25.8 Å². The van der Waals surface area contributed by atoms with Crippen LogP contribution in [0.25, 0.3) is 88.8 Å². The molecule has 0 fully saturated rings. The molecule has 0 N–H and O–H groups in total. The van der Waals surface area contributed by atoms with E-state index in [1.807, 2.05) is 6.07 Å². The minimum absolute atomic E-state index is 0.135.